The van der Waals surface area contributed by atoms with E-state index in [0.717, 1.165) is 11.5 Å². The summed E-state index contributed by atoms with van der Waals surface area (Å²) in [6.45, 7) is 1.26. The minimum atomic E-state index is -4.35. The molecule has 8 heteroatoms. The number of benzene rings is 2. The van der Waals surface area contributed by atoms with E-state index in [1.165, 1.54) is 12.1 Å². The van der Waals surface area contributed by atoms with Gasteiger partial charge in [-0.3, -0.25) is 4.79 Å². The molecule has 0 aliphatic carbocycles. The number of H-pyrrole nitrogens is 1. The number of hydrogen-bond donors (Lipinski definition) is 3. The second kappa shape index (κ2) is 8.22. The van der Waals surface area contributed by atoms with Crippen LogP contribution in [0, 0.1) is 0 Å². The predicted octanol–water partition coefficient (Wildman–Crippen LogP) is 3.53. The van der Waals surface area contributed by atoms with Crippen LogP contribution in [-0.4, -0.2) is 23.3 Å². The van der Waals surface area contributed by atoms with Crippen molar-refractivity contribution in [1.82, 2.24) is 15.5 Å². The number of fused-ring (bicyclic) bond motifs is 1. The van der Waals surface area contributed by atoms with E-state index in [9.17, 15) is 18.0 Å². The average molecular weight is 376 g/mol. The number of rotatable bonds is 7. The van der Waals surface area contributed by atoms with Gasteiger partial charge in [-0.15, -0.1) is 0 Å². The molecule has 27 heavy (non-hydrogen) atoms. The normalized spacial score (nSPS) is 11.7. The lowest BCUT2D eigenvalue weighted by atomic mass is 10.1. The third-order valence-corrected chi connectivity index (χ3v) is 4.16. The largest absolute Gasteiger partial charge is 0.416 e. The van der Waals surface area contributed by atoms with Crippen molar-refractivity contribution in [2.45, 2.75) is 19.1 Å². The maximum atomic E-state index is 13.0. The lowest BCUT2D eigenvalue weighted by molar-refractivity contribution is -0.138. The summed E-state index contributed by atoms with van der Waals surface area (Å²) in [6, 6.07) is 12.7. The Morgan fingerprint density at radius 1 is 0.963 bits per heavy atom. The van der Waals surface area contributed by atoms with Gasteiger partial charge in [-0.1, -0.05) is 36.4 Å². The maximum absolute atomic E-state index is 13.0. The molecule has 0 saturated carbocycles. The second-order valence-electron chi connectivity index (χ2n) is 6.06. The van der Waals surface area contributed by atoms with Crippen LogP contribution in [0.4, 0.5) is 19.0 Å². The number of anilines is 1. The highest BCUT2D eigenvalue weighted by Crippen LogP contribution is 2.31. The van der Waals surface area contributed by atoms with Gasteiger partial charge in [0.25, 0.3) is 5.56 Å². The lowest BCUT2D eigenvalue weighted by Crippen LogP contribution is -2.20. The number of hydrogen-bond acceptors (Lipinski definition) is 4. The Kier molecular flexibility index (Phi) is 5.75. The number of alkyl halides is 3. The van der Waals surface area contributed by atoms with Gasteiger partial charge in [0.2, 0.25) is 0 Å². The van der Waals surface area contributed by atoms with Crippen LogP contribution in [0.2, 0.25) is 0 Å². The predicted molar refractivity (Wildman–Crippen MR) is 98.6 cm³/mol. The topological polar surface area (TPSA) is 69.8 Å². The Balaban J connectivity index is 1.50. The fourth-order valence-corrected chi connectivity index (χ4v) is 2.84. The molecule has 0 atom stereocenters. The molecule has 3 N–H and O–H groups in total. The SMILES string of the molecule is O=c1[nH]nc(NCCCNCc2ccccc2C(F)(F)F)c2ccccc12. The fraction of sp³-hybridized carbons (Fsp3) is 0.263. The van der Waals surface area contributed by atoms with Crippen molar-refractivity contribution in [3.63, 3.8) is 0 Å². The standard InChI is InChI=1S/C19H19F3N4O/c20-19(21,22)16-9-4-1-6-13(16)12-23-10-5-11-24-17-14-7-2-3-8-15(14)18(27)26-25-17/h1-4,6-9,23H,5,10-12H2,(H,24,25)(H,26,27). The van der Waals surface area contributed by atoms with Gasteiger partial charge in [0.15, 0.2) is 5.82 Å². The molecular formula is C19H19F3N4O. The summed E-state index contributed by atoms with van der Waals surface area (Å²) in [7, 11) is 0. The molecule has 0 spiro atoms. The highest BCUT2D eigenvalue weighted by atomic mass is 19.4. The molecule has 0 aliphatic rings. The van der Waals surface area contributed by atoms with Crippen LogP contribution in [0.3, 0.4) is 0 Å². The number of nitrogens with zero attached hydrogens (tertiary/aromatic N) is 1. The molecule has 1 heterocycles. The van der Waals surface area contributed by atoms with Crippen molar-refractivity contribution >= 4 is 16.6 Å². The van der Waals surface area contributed by atoms with Gasteiger partial charge in [-0.25, -0.2) is 5.10 Å². The van der Waals surface area contributed by atoms with Crippen molar-refractivity contribution in [2.24, 2.45) is 0 Å². The molecule has 0 fully saturated rings. The molecule has 0 unspecified atom stereocenters. The van der Waals surface area contributed by atoms with Gasteiger partial charge in [0, 0.05) is 18.5 Å². The summed E-state index contributed by atoms with van der Waals surface area (Å²) in [6.07, 6.45) is -3.67. The van der Waals surface area contributed by atoms with E-state index in [1.807, 2.05) is 12.1 Å². The average Bonchev–Trinajstić information content (AvgIpc) is 2.66. The zero-order chi connectivity index (χ0) is 19.3. The quantitative estimate of drug-likeness (QED) is 0.552. The molecule has 0 bridgehead atoms. The van der Waals surface area contributed by atoms with E-state index in [4.69, 9.17) is 0 Å². The smallest absolute Gasteiger partial charge is 0.368 e. The molecular weight excluding hydrogens is 357 g/mol. The van der Waals surface area contributed by atoms with Crippen molar-refractivity contribution in [2.75, 3.05) is 18.4 Å². The summed E-state index contributed by atoms with van der Waals surface area (Å²) in [5.74, 6) is 0.576. The number of halogens is 3. The van der Waals surface area contributed by atoms with E-state index in [2.05, 4.69) is 20.8 Å². The molecule has 1 aromatic heterocycles. The highest BCUT2D eigenvalue weighted by Gasteiger charge is 2.32. The molecule has 0 saturated heterocycles. The first-order valence-electron chi connectivity index (χ1n) is 8.54. The molecule has 0 radical (unpaired) electrons. The summed E-state index contributed by atoms with van der Waals surface area (Å²) < 4.78 is 38.9. The first-order chi connectivity index (χ1) is 13.0. The minimum absolute atomic E-state index is 0.148. The van der Waals surface area contributed by atoms with Crippen LogP contribution < -0.4 is 16.2 Å². The van der Waals surface area contributed by atoms with Gasteiger partial charge >= 0.3 is 6.18 Å². The highest BCUT2D eigenvalue weighted by molar-refractivity contribution is 5.90. The summed E-state index contributed by atoms with van der Waals surface area (Å²) in [4.78, 5) is 11.7. The first-order valence-corrected chi connectivity index (χ1v) is 8.54. The molecule has 3 aromatic rings. The van der Waals surface area contributed by atoms with E-state index < -0.39 is 11.7 Å². The Labute approximate surface area is 153 Å². The summed E-state index contributed by atoms with van der Waals surface area (Å²) in [5.41, 5.74) is -0.632. The number of nitrogens with one attached hydrogen (secondary N) is 3. The first kappa shape index (κ1) is 18.9. The van der Waals surface area contributed by atoms with Crippen LogP contribution >= 0.6 is 0 Å². The van der Waals surface area contributed by atoms with Gasteiger partial charge in [-0.05, 0) is 30.7 Å². The molecule has 0 amide bonds. The van der Waals surface area contributed by atoms with E-state index in [-0.39, 0.29) is 17.7 Å². The zero-order valence-electron chi connectivity index (χ0n) is 14.4. The van der Waals surface area contributed by atoms with Crippen molar-refractivity contribution in [3.05, 3.63) is 70.0 Å². The lowest BCUT2D eigenvalue weighted by Gasteiger charge is -2.13. The summed E-state index contributed by atoms with van der Waals surface area (Å²) >= 11 is 0. The number of aromatic nitrogens is 2. The summed E-state index contributed by atoms with van der Waals surface area (Å²) in [5, 5.41) is 13.9. The molecule has 5 nitrogen and oxygen atoms in total. The molecule has 0 aliphatic heterocycles. The molecule has 142 valence electrons. The second-order valence-corrected chi connectivity index (χ2v) is 6.06. The third-order valence-electron chi connectivity index (χ3n) is 4.16. The Hall–Kier alpha value is -2.87. The molecule has 2 aromatic carbocycles. The zero-order valence-corrected chi connectivity index (χ0v) is 14.4. The van der Waals surface area contributed by atoms with Gasteiger partial charge in [0.1, 0.15) is 0 Å². The van der Waals surface area contributed by atoms with Gasteiger partial charge < -0.3 is 10.6 Å². The fourth-order valence-electron chi connectivity index (χ4n) is 2.84. The van der Waals surface area contributed by atoms with Crippen LogP contribution in [-0.2, 0) is 12.7 Å². The third kappa shape index (κ3) is 4.65. The Morgan fingerprint density at radius 2 is 1.67 bits per heavy atom. The molecule has 3 rings (SSSR count). The van der Waals surface area contributed by atoms with Crippen LogP contribution in [0.25, 0.3) is 10.8 Å². The van der Waals surface area contributed by atoms with Crippen LogP contribution in [0.5, 0.6) is 0 Å². The van der Waals surface area contributed by atoms with Gasteiger partial charge in [0.05, 0.1) is 10.9 Å². The van der Waals surface area contributed by atoms with Crippen molar-refractivity contribution in [3.8, 4) is 0 Å². The minimum Gasteiger partial charge on any atom is -0.368 e. The van der Waals surface area contributed by atoms with Gasteiger partial charge in [-0.2, -0.15) is 18.3 Å². The van der Waals surface area contributed by atoms with E-state index in [1.54, 1.807) is 18.2 Å². The maximum Gasteiger partial charge on any atom is 0.416 e. The Morgan fingerprint density at radius 3 is 2.44 bits per heavy atom. The monoisotopic (exact) mass is 376 g/mol. The van der Waals surface area contributed by atoms with Crippen molar-refractivity contribution in [1.29, 1.82) is 0 Å². The van der Waals surface area contributed by atoms with Crippen molar-refractivity contribution < 1.29 is 13.2 Å². The number of aromatic amines is 1. The van der Waals surface area contributed by atoms with E-state index in [0.29, 0.717) is 30.7 Å². The Bertz CT molecular complexity index is 969. The van der Waals surface area contributed by atoms with E-state index >= 15 is 0 Å². The van der Waals surface area contributed by atoms with Crippen LogP contribution in [0.15, 0.2) is 53.3 Å². The van der Waals surface area contributed by atoms with Crippen LogP contribution in [0.1, 0.15) is 17.5 Å².